The van der Waals surface area contributed by atoms with Crippen LogP contribution < -0.4 is 9.88 Å². The minimum absolute atomic E-state index is 0.265. The molecular weight excluding hydrogens is 331 g/mol. The van der Waals surface area contributed by atoms with Gasteiger partial charge in [0, 0.05) is 16.6 Å². The smallest absolute Gasteiger partial charge is 0.238 e. The normalized spacial score (nSPS) is 11.7. The first-order chi connectivity index (χ1) is 11.3. The molecule has 0 saturated carbocycles. The molecule has 0 atom stereocenters. The van der Waals surface area contributed by atoms with Crippen LogP contribution in [0.1, 0.15) is 5.69 Å². The first-order valence-electron chi connectivity index (χ1n) is 7.08. The number of fused-ring (bicyclic) bond motifs is 1. The second kappa shape index (κ2) is 5.85. The fourth-order valence-electron chi connectivity index (χ4n) is 2.58. The molecule has 5 nitrogen and oxygen atoms in total. The highest BCUT2D eigenvalue weighted by molar-refractivity contribution is 7.89. The number of methoxy groups -OCH3 is 1. The van der Waals surface area contributed by atoms with Crippen LogP contribution in [0, 0.1) is 12.7 Å². The molecule has 0 amide bonds. The number of halogens is 1. The van der Waals surface area contributed by atoms with Crippen molar-refractivity contribution in [2.45, 2.75) is 11.8 Å². The molecule has 0 saturated heterocycles. The summed E-state index contributed by atoms with van der Waals surface area (Å²) >= 11 is 0. The van der Waals surface area contributed by atoms with E-state index >= 15 is 0 Å². The fraction of sp³-hybridized carbons (Fsp3) is 0.118. The standard InChI is InChI=1S/C17H15FN2O3S/c1-10-3-5-14-12(7-8-16(23-2)17(14)20-10)13-6-4-11(9-15(13)18)24(19,21)22/h3-9H,1-2H3,(H2,19,21,22). The summed E-state index contributed by atoms with van der Waals surface area (Å²) in [5, 5.41) is 5.75. The summed E-state index contributed by atoms with van der Waals surface area (Å²) in [5.74, 6) is -0.0902. The van der Waals surface area contributed by atoms with Crippen LogP contribution >= 0.6 is 0 Å². The van der Waals surface area contributed by atoms with Gasteiger partial charge in [0.1, 0.15) is 17.1 Å². The van der Waals surface area contributed by atoms with E-state index in [4.69, 9.17) is 9.88 Å². The maximum Gasteiger partial charge on any atom is 0.238 e. The van der Waals surface area contributed by atoms with Gasteiger partial charge in [0.15, 0.2) is 0 Å². The molecule has 24 heavy (non-hydrogen) atoms. The Balaban J connectivity index is 2.28. The second-order valence-corrected chi connectivity index (χ2v) is 6.91. The number of hydrogen-bond acceptors (Lipinski definition) is 4. The van der Waals surface area contributed by atoms with E-state index in [0.717, 1.165) is 11.8 Å². The van der Waals surface area contributed by atoms with Crippen LogP contribution in [0.25, 0.3) is 22.0 Å². The molecule has 7 heteroatoms. The van der Waals surface area contributed by atoms with Gasteiger partial charge in [-0.05, 0) is 42.8 Å². The van der Waals surface area contributed by atoms with E-state index in [1.807, 2.05) is 19.1 Å². The lowest BCUT2D eigenvalue weighted by molar-refractivity contribution is 0.419. The van der Waals surface area contributed by atoms with Crippen LogP contribution in [-0.2, 0) is 10.0 Å². The van der Waals surface area contributed by atoms with Gasteiger partial charge in [-0.2, -0.15) is 0 Å². The molecular formula is C17H15FN2O3S. The summed E-state index contributed by atoms with van der Waals surface area (Å²) in [6.07, 6.45) is 0. The van der Waals surface area contributed by atoms with Crippen LogP contribution in [0.2, 0.25) is 0 Å². The summed E-state index contributed by atoms with van der Waals surface area (Å²) in [6, 6.07) is 10.7. The molecule has 0 aliphatic carbocycles. The Morgan fingerprint density at radius 3 is 2.42 bits per heavy atom. The lowest BCUT2D eigenvalue weighted by Crippen LogP contribution is -2.12. The number of rotatable bonds is 3. The maximum atomic E-state index is 14.5. The number of aromatic nitrogens is 1. The van der Waals surface area contributed by atoms with Gasteiger partial charge in [-0.15, -0.1) is 0 Å². The van der Waals surface area contributed by atoms with Gasteiger partial charge in [0.25, 0.3) is 0 Å². The molecule has 3 rings (SSSR count). The summed E-state index contributed by atoms with van der Waals surface area (Å²) in [4.78, 5) is 4.19. The molecule has 0 aliphatic heterocycles. The summed E-state index contributed by atoms with van der Waals surface area (Å²) < 4.78 is 42.5. The molecule has 2 N–H and O–H groups in total. The lowest BCUT2D eigenvalue weighted by Gasteiger charge is -2.12. The van der Waals surface area contributed by atoms with Crippen LogP contribution in [0.5, 0.6) is 5.75 Å². The zero-order valence-corrected chi connectivity index (χ0v) is 13.9. The van der Waals surface area contributed by atoms with Gasteiger partial charge in [0.2, 0.25) is 10.0 Å². The van der Waals surface area contributed by atoms with Crippen LogP contribution in [-0.4, -0.2) is 20.5 Å². The summed E-state index contributed by atoms with van der Waals surface area (Å²) in [5.41, 5.74) is 2.28. The molecule has 0 unspecified atom stereocenters. The highest BCUT2D eigenvalue weighted by atomic mass is 32.2. The molecule has 1 heterocycles. The Hall–Kier alpha value is -2.51. The third-order valence-electron chi connectivity index (χ3n) is 3.74. The first kappa shape index (κ1) is 16.4. The Kier molecular flexibility index (Phi) is 3.98. The minimum Gasteiger partial charge on any atom is -0.494 e. The monoisotopic (exact) mass is 346 g/mol. The number of nitrogens with two attached hydrogens (primary N) is 1. The van der Waals surface area contributed by atoms with E-state index in [0.29, 0.717) is 22.2 Å². The second-order valence-electron chi connectivity index (χ2n) is 5.35. The van der Waals surface area contributed by atoms with E-state index in [1.165, 1.54) is 12.1 Å². The molecule has 0 fully saturated rings. The summed E-state index contributed by atoms with van der Waals surface area (Å²) in [7, 11) is -2.41. The van der Waals surface area contributed by atoms with Crippen molar-refractivity contribution in [2.24, 2.45) is 5.14 Å². The molecule has 0 aliphatic rings. The van der Waals surface area contributed by atoms with Gasteiger partial charge in [-0.1, -0.05) is 12.1 Å². The summed E-state index contributed by atoms with van der Waals surface area (Å²) in [6.45, 7) is 1.85. The largest absolute Gasteiger partial charge is 0.494 e. The molecule has 3 aromatic rings. The Bertz CT molecular complexity index is 1050. The quantitative estimate of drug-likeness (QED) is 0.790. The Labute approximate surface area is 138 Å². The zero-order valence-electron chi connectivity index (χ0n) is 13.1. The van der Waals surface area contributed by atoms with E-state index in [1.54, 1.807) is 19.2 Å². The number of sulfonamides is 1. The van der Waals surface area contributed by atoms with E-state index < -0.39 is 15.8 Å². The molecule has 1 aromatic heterocycles. The predicted octanol–water partition coefficient (Wildman–Crippen LogP) is 3.01. The fourth-order valence-corrected chi connectivity index (χ4v) is 3.11. The van der Waals surface area contributed by atoms with Crippen molar-refractivity contribution in [1.82, 2.24) is 4.98 Å². The SMILES string of the molecule is COc1ccc(-c2ccc(S(N)(=O)=O)cc2F)c2ccc(C)nc12. The van der Waals surface area contributed by atoms with Gasteiger partial charge in [-0.25, -0.2) is 22.9 Å². The highest BCUT2D eigenvalue weighted by Gasteiger charge is 2.16. The van der Waals surface area contributed by atoms with Crippen LogP contribution in [0.3, 0.4) is 0 Å². The topological polar surface area (TPSA) is 82.3 Å². The van der Waals surface area contributed by atoms with Crippen molar-refractivity contribution in [3.8, 4) is 16.9 Å². The lowest BCUT2D eigenvalue weighted by atomic mass is 9.99. The Morgan fingerprint density at radius 2 is 1.79 bits per heavy atom. The van der Waals surface area contributed by atoms with Crippen molar-refractivity contribution in [1.29, 1.82) is 0 Å². The molecule has 0 radical (unpaired) electrons. The molecule has 0 bridgehead atoms. The predicted molar refractivity (Wildman–Crippen MR) is 89.8 cm³/mol. The van der Waals surface area contributed by atoms with E-state index in [2.05, 4.69) is 4.98 Å². The Morgan fingerprint density at radius 1 is 1.08 bits per heavy atom. The van der Waals surface area contributed by atoms with Crippen LogP contribution in [0.4, 0.5) is 4.39 Å². The number of ether oxygens (including phenoxy) is 1. The number of benzene rings is 2. The van der Waals surface area contributed by atoms with Gasteiger partial charge < -0.3 is 4.74 Å². The zero-order chi connectivity index (χ0) is 17.5. The molecule has 0 spiro atoms. The highest BCUT2D eigenvalue weighted by Crippen LogP contribution is 2.35. The van der Waals surface area contributed by atoms with Crippen molar-refractivity contribution in [2.75, 3.05) is 7.11 Å². The average molecular weight is 346 g/mol. The minimum atomic E-state index is -3.96. The first-order valence-corrected chi connectivity index (χ1v) is 8.63. The van der Waals surface area contributed by atoms with Crippen molar-refractivity contribution in [3.05, 3.63) is 54.0 Å². The van der Waals surface area contributed by atoms with Crippen molar-refractivity contribution >= 4 is 20.9 Å². The van der Waals surface area contributed by atoms with Gasteiger partial charge >= 0.3 is 0 Å². The maximum absolute atomic E-state index is 14.5. The third kappa shape index (κ3) is 2.83. The average Bonchev–Trinajstić information content (AvgIpc) is 2.53. The number of nitrogens with zero attached hydrogens (tertiary/aromatic N) is 1. The van der Waals surface area contributed by atoms with Crippen molar-refractivity contribution in [3.63, 3.8) is 0 Å². The molecule has 2 aromatic carbocycles. The van der Waals surface area contributed by atoms with Crippen molar-refractivity contribution < 1.29 is 17.5 Å². The number of primary sulfonamides is 1. The van der Waals surface area contributed by atoms with E-state index in [-0.39, 0.29) is 10.5 Å². The van der Waals surface area contributed by atoms with Gasteiger partial charge in [-0.3, -0.25) is 0 Å². The third-order valence-corrected chi connectivity index (χ3v) is 4.65. The van der Waals surface area contributed by atoms with Gasteiger partial charge in [0.05, 0.1) is 12.0 Å². The number of aryl methyl sites for hydroxylation is 1. The number of pyridine rings is 1. The number of hydrogen-bond donors (Lipinski definition) is 1. The van der Waals surface area contributed by atoms with E-state index in [9.17, 15) is 12.8 Å². The van der Waals surface area contributed by atoms with Crippen LogP contribution in [0.15, 0.2) is 47.4 Å². The molecule has 124 valence electrons.